The molecule has 1 unspecified atom stereocenters. The third-order valence-corrected chi connectivity index (χ3v) is 13.0. The van der Waals surface area contributed by atoms with Gasteiger partial charge >= 0.3 is 12.1 Å². The second-order valence-electron chi connectivity index (χ2n) is 17.5. The van der Waals surface area contributed by atoms with Crippen molar-refractivity contribution in [2.24, 2.45) is 10.2 Å². The molecule has 8 rings (SSSR count). The highest BCUT2D eigenvalue weighted by atomic mass is 19.3. The molecule has 4 aliphatic rings. The fourth-order valence-electron chi connectivity index (χ4n) is 9.07. The number of carbonyl (C=O) groups is 2. The van der Waals surface area contributed by atoms with Crippen molar-refractivity contribution in [3.8, 4) is 23.0 Å². The summed E-state index contributed by atoms with van der Waals surface area (Å²) in [4.78, 5) is 29.0. The van der Waals surface area contributed by atoms with Gasteiger partial charge in [0.15, 0.2) is 34.6 Å². The van der Waals surface area contributed by atoms with E-state index in [4.69, 9.17) is 18.9 Å². The highest BCUT2D eigenvalue weighted by Gasteiger charge is 2.37. The quantitative estimate of drug-likeness (QED) is 0.168. The van der Waals surface area contributed by atoms with Gasteiger partial charge in [0.05, 0.1) is 51.9 Å². The van der Waals surface area contributed by atoms with Crippen LogP contribution in [0.1, 0.15) is 72.9 Å². The van der Waals surface area contributed by atoms with E-state index < -0.39 is 47.6 Å². The molecule has 4 amide bonds. The monoisotopic (exact) mass is 980 g/mol. The van der Waals surface area contributed by atoms with E-state index in [9.17, 15) is 27.2 Å². The lowest BCUT2D eigenvalue weighted by atomic mass is 9.93. The maximum atomic E-state index is 15.6. The largest absolute Gasteiger partial charge is 0.493 e. The molecule has 0 saturated carbocycles. The van der Waals surface area contributed by atoms with Gasteiger partial charge in [-0.05, 0) is 63.1 Å². The number of anilines is 2. The Balaban J connectivity index is 0.000000206. The van der Waals surface area contributed by atoms with E-state index in [0.717, 1.165) is 11.4 Å². The number of piperidine rings is 2. The van der Waals surface area contributed by atoms with Gasteiger partial charge in [-0.3, -0.25) is 0 Å². The van der Waals surface area contributed by atoms with Crippen molar-refractivity contribution in [2.75, 3.05) is 78.5 Å². The minimum Gasteiger partial charge on any atom is -0.493 e. The maximum absolute atomic E-state index is 15.6. The number of alkyl halides is 4. The molecule has 70 heavy (non-hydrogen) atoms. The summed E-state index contributed by atoms with van der Waals surface area (Å²) >= 11 is 0. The van der Waals surface area contributed by atoms with E-state index in [1.807, 2.05) is 34.1 Å². The van der Waals surface area contributed by atoms with Gasteiger partial charge in [0.25, 0.3) is 11.8 Å². The first-order valence-corrected chi connectivity index (χ1v) is 22.9. The Hall–Kier alpha value is -6.86. The van der Waals surface area contributed by atoms with Crippen LogP contribution in [0, 0.1) is 11.6 Å². The molecule has 4 aromatic carbocycles. The van der Waals surface area contributed by atoms with E-state index >= 15 is 8.78 Å². The smallest absolute Gasteiger partial charge is 0.337 e. The summed E-state index contributed by atoms with van der Waals surface area (Å²) in [7, 11) is 8.60. The van der Waals surface area contributed by atoms with Crippen LogP contribution in [0.4, 0.5) is 47.3 Å². The number of hydrogen-bond acceptors (Lipinski definition) is 10. The number of benzene rings is 4. The van der Waals surface area contributed by atoms with Crippen LogP contribution in [-0.4, -0.2) is 126 Å². The van der Waals surface area contributed by atoms with Gasteiger partial charge < -0.3 is 39.4 Å². The molecule has 4 heterocycles. The molecular weight excluding hydrogens is 923 g/mol. The molecule has 0 aromatic heterocycles. The SMILES string of the molecule is CNC(=O)N1N=C(c2ccc(N3CCC(F)(F)CC3)cc2)c2cc(OC)c(OC)c(F)c2CC1C.CNC(=O)N1N=C(c2ccc(N3CCC(F)(F)CC3)cc2)c2cc(OC)c(OC)c(F)c2C[C@@H]1C. The molecule has 14 nitrogen and oxygen atoms in total. The Morgan fingerprint density at radius 2 is 0.900 bits per heavy atom. The predicted molar refractivity (Wildman–Crippen MR) is 255 cm³/mol. The van der Waals surface area contributed by atoms with Gasteiger partial charge in [0.2, 0.25) is 0 Å². The van der Waals surface area contributed by atoms with Gasteiger partial charge in [0.1, 0.15) is 0 Å². The van der Waals surface area contributed by atoms with E-state index in [2.05, 4.69) is 20.8 Å². The van der Waals surface area contributed by atoms with Gasteiger partial charge in [-0.1, -0.05) is 24.3 Å². The van der Waals surface area contributed by atoms with Crippen molar-refractivity contribution in [3.63, 3.8) is 0 Å². The molecule has 0 bridgehead atoms. The number of hydrogen-bond donors (Lipinski definition) is 2. The Morgan fingerprint density at radius 1 is 0.571 bits per heavy atom. The van der Waals surface area contributed by atoms with Crippen molar-refractivity contribution in [1.29, 1.82) is 0 Å². The first kappa shape index (κ1) is 51.0. The predicted octanol–water partition coefficient (Wildman–Crippen LogP) is 8.83. The second kappa shape index (κ2) is 21.0. The zero-order valence-corrected chi connectivity index (χ0v) is 40.4. The molecule has 2 fully saturated rings. The third kappa shape index (κ3) is 10.5. The molecule has 0 radical (unpaired) electrons. The summed E-state index contributed by atoms with van der Waals surface area (Å²) in [5.41, 5.74) is 5.41. The minimum absolute atomic E-state index is 0.0107. The molecule has 2 N–H and O–H groups in total. The van der Waals surface area contributed by atoms with E-state index in [1.165, 1.54) is 52.6 Å². The number of halogens is 6. The highest BCUT2D eigenvalue weighted by molar-refractivity contribution is 6.15. The number of rotatable bonds is 8. The fraction of sp³-hybridized carbons (Fsp3) is 0.440. The number of ether oxygens (including phenoxy) is 4. The van der Waals surface area contributed by atoms with E-state index in [1.54, 1.807) is 50.2 Å². The number of methoxy groups -OCH3 is 4. The lowest BCUT2D eigenvalue weighted by Gasteiger charge is -2.33. The van der Waals surface area contributed by atoms with E-state index in [-0.39, 0.29) is 87.7 Å². The Morgan fingerprint density at radius 3 is 1.19 bits per heavy atom. The highest BCUT2D eigenvalue weighted by Crippen LogP contribution is 2.41. The zero-order chi connectivity index (χ0) is 50.7. The molecule has 0 aliphatic carbocycles. The summed E-state index contributed by atoms with van der Waals surface area (Å²) in [6.07, 6.45) is -0.323. The molecule has 4 aliphatic heterocycles. The topological polar surface area (TPSA) is 133 Å². The fourth-order valence-corrected chi connectivity index (χ4v) is 9.07. The molecule has 2 saturated heterocycles. The summed E-state index contributed by atoms with van der Waals surface area (Å²) < 4.78 is 107. The van der Waals surface area contributed by atoms with Crippen molar-refractivity contribution in [1.82, 2.24) is 20.7 Å². The van der Waals surface area contributed by atoms with Crippen molar-refractivity contribution in [2.45, 2.75) is 76.3 Å². The standard InChI is InChI=1S/2C25H29F3N4O3/c2*1-15-13-18-19(14-20(34-3)23(35-4)21(18)26)22(30-32(15)24(33)29-2)16-5-7-17(8-6-16)31-11-9-25(27,28)10-12-31/h2*5-8,14-15H,9-13H2,1-4H3,(H,29,33)/t15-;/m0./s1. The number of nitrogens with one attached hydrogen (secondary N) is 2. The summed E-state index contributed by atoms with van der Waals surface area (Å²) in [6.45, 7) is 4.63. The Bertz CT molecular complexity index is 2430. The van der Waals surface area contributed by atoms with Crippen LogP contribution >= 0.6 is 0 Å². The normalized spacial score (nSPS) is 19.4. The van der Waals surface area contributed by atoms with E-state index in [0.29, 0.717) is 44.8 Å². The second-order valence-corrected chi connectivity index (χ2v) is 17.5. The molecule has 4 aromatic rings. The Kier molecular flexibility index (Phi) is 15.3. The molecule has 376 valence electrons. The number of amides is 4. The average Bonchev–Trinajstić information content (AvgIpc) is 3.60. The van der Waals surface area contributed by atoms with Gasteiger partial charge in [-0.25, -0.2) is 45.9 Å². The number of urea groups is 2. The summed E-state index contributed by atoms with van der Waals surface area (Å²) in [5, 5.41) is 17.0. The number of carbonyl (C=O) groups excluding carboxylic acids is 2. The van der Waals surface area contributed by atoms with Gasteiger partial charge in [-0.2, -0.15) is 10.2 Å². The first-order chi connectivity index (χ1) is 33.4. The van der Waals surface area contributed by atoms with Crippen LogP contribution in [-0.2, 0) is 12.8 Å². The lowest BCUT2D eigenvalue weighted by Crippen LogP contribution is -2.41. The molecule has 0 spiro atoms. The Labute approximate surface area is 403 Å². The van der Waals surface area contributed by atoms with Crippen LogP contribution in [0.2, 0.25) is 0 Å². The number of fused-ring (bicyclic) bond motifs is 2. The number of hydrazone groups is 2. The molecule has 20 heteroatoms. The van der Waals surface area contributed by atoms with Crippen LogP contribution in [0.25, 0.3) is 0 Å². The van der Waals surface area contributed by atoms with Crippen molar-refractivity contribution >= 4 is 34.9 Å². The van der Waals surface area contributed by atoms with Crippen molar-refractivity contribution in [3.05, 3.63) is 106 Å². The van der Waals surface area contributed by atoms with Crippen LogP contribution < -0.4 is 39.4 Å². The molecular formula is C50H58F6N8O6. The van der Waals surface area contributed by atoms with Crippen LogP contribution in [0.3, 0.4) is 0 Å². The summed E-state index contributed by atoms with van der Waals surface area (Å²) in [5.74, 6) is -5.98. The zero-order valence-electron chi connectivity index (χ0n) is 40.4. The van der Waals surface area contributed by atoms with Crippen LogP contribution in [0.5, 0.6) is 23.0 Å². The van der Waals surface area contributed by atoms with Gasteiger partial charge in [0, 0.05) is 111 Å². The average molecular weight is 981 g/mol. The number of nitrogens with zero attached hydrogens (tertiary/aromatic N) is 6. The summed E-state index contributed by atoms with van der Waals surface area (Å²) in [6, 6.07) is 16.1. The molecule has 2 atom stereocenters. The van der Waals surface area contributed by atoms with Crippen molar-refractivity contribution < 1.29 is 54.9 Å². The van der Waals surface area contributed by atoms with Gasteiger partial charge in [-0.15, -0.1) is 0 Å². The maximum Gasteiger partial charge on any atom is 0.337 e. The first-order valence-electron chi connectivity index (χ1n) is 22.9. The minimum atomic E-state index is -2.63. The van der Waals surface area contributed by atoms with Crippen LogP contribution in [0.15, 0.2) is 70.9 Å². The lowest BCUT2D eigenvalue weighted by molar-refractivity contribution is -0.0226. The third-order valence-electron chi connectivity index (χ3n) is 13.0.